The first kappa shape index (κ1) is 23.3. The van der Waals surface area contributed by atoms with Gasteiger partial charge in [0.25, 0.3) is 17.5 Å². The van der Waals surface area contributed by atoms with Crippen molar-refractivity contribution >= 4 is 34.8 Å². The monoisotopic (exact) mass is 479 g/mol. The summed E-state index contributed by atoms with van der Waals surface area (Å²) >= 11 is 6.08. The number of carbonyl (C=O) groups excluding carboxylic acids is 2. The zero-order valence-corrected chi connectivity index (χ0v) is 18.9. The number of anilines is 1. The average molecular weight is 480 g/mol. The Hall–Kier alpha value is -3.82. The van der Waals surface area contributed by atoms with Crippen LogP contribution in [0.2, 0.25) is 5.02 Å². The van der Waals surface area contributed by atoms with E-state index in [0.29, 0.717) is 24.3 Å². The highest BCUT2D eigenvalue weighted by Crippen LogP contribution is 2.25. The summed E-state index contributed by atoms with van der Waals surface area (Å²) in [6.45, 7) is 3.37. The lowest BCUT2D eigenvalue weighted by atomic mass is 10.1. The molecule has 0 atom stereocenters. The number of non-ortho nitro benzene ring substituents is 1. The van der Waals surface area contributed by atoms with Gasteiger partial charge >= 0.3 is 0 Å². The van der Waals surface area contributed by atoms with E-state index >= 15 is 0 Å². The molecule has 9 nitrogen and oxygen atoms in total. The Morgan fingerprint density at radius 2 is 1.79 bits per heavy atom. The summed E-state index contributed by atoms with van der Waals surface area (Å²) in [4.78, 5) is 44.5. The maximum Gasteiger partial charge on any atom is 0.270 e. The fraction of sp³-hybridized carbons (Fsp3) is 0.208. The second kappa shape index (κ2) is 10.4. The van der Waals surface area contributed by atoms with Crippen molar-refractivity contribution in [2.75, 3.05) is 31.5 Å². The maximum absolute atomic E-state index is 13.2. The number of halogens is 1. The van der Waals surface area contributed by atoms with Crippen molar-refractivity contribution in [3.05, 3.63) is 98.8 Å². The first-order chi connectivity index (χ1) is 16.4. The minimum absolute atomic E-state index is 0.0414. The van der Waals surface area contributed by atoms with Crippen molar-refractivity contribution in [3.8, 4) is 0 Å². The van der Waals surface area contributed by atoms with Crippen LogP contribution in [0.4, 0.5) is 11.4 Å². The minimum Gasteiger partial charge on any atom is -0.336 e. The van der Waals surface area contributed by atoms with Gasteiger partial charge in [0.2, 0.25) is 0 Å². The number of nitro benzene ring substituents is 1. The van der Waals surface area contributed by atoms with E-state index in [2.05, 4.69) is 15.2 Å². The normalized spacial score (nSPS) is 14.0. The molecule has 3 aromatic rings. The molecule has 0 aliphatic carbocycles. The molecule has 1 aromatic heterocycles. The summed E-state index contributed by atoms with van der Waals surface area (Å²) in [6, 6.07) is 14.3. The van der Waals surface area contributed by atoms with Gasteiger partial charge in [0, 0.05) is 57.3 Å². The van der Waals surface area contributed by atoms with E-state index in [1.165, 1.54) is 12.1 Å². The molecule has 0 radical (unpaired) electrons. The molecule has 4 rings (SSSR count). The Morgan fingerprint density at radius 1 is 1.03 bits per heavy atom. The first-order valence-electron chi connectivity index (χ1n) is 10.7. The van der Waals surface area contributed by atoms with Gasteiger partial charge in [-0.1, -0.05) is 29.8 Å². The van der Waals surface area contributed by atoms with Gasteiger partial charge in [-0.05, 0) is 29.8 Å². The largest absolute Gasteiger partial charge is 0.336 e. The van der Waals surface area contributed by atoms with Gasteiger partial charge in [0.1, 0.15) is 0 Å². The topological polar surface area (TPSA) is 109 Å². The smallest absolute Gasteiger partial charge is 0.270 e. The number of rotatable bonds is 6. The highest BCUT2D eigenvalue weighted by atomic mass is 35.5. The van der Waals surface area contributed by atoms with Crippen molar-refractivity contribution in [1.29, 1.82) is 0 Å². The molecule has 0 unspecified atom stereocenters. The lowest BCUT2D eigenvalue weighted by molar-refractivity contribution is -0.384. The number of aromatic nitrogens is 1. The third-order valence-corrected chi connectivity index (χ3v) is 5.91. The number of benzene rings is 2. The highest BCUT2D eigenvalue weighted by Gasteiger charge is 2.25. The zero-order chi connectivity index (χ0) is 24.1. The second-order valence-electron chi connectivity index (χ2n) is 7.85. The molecule has 1 aliphatic rings. The average Bonchev–Trinajstić information content (AvgIpc) is 2.85. The van der Waals surface area contributed by atoms with Crippen LogP contribution < -0.4 is 5.32 Å². The molecule has 0 spiro atoms. The molecule has 0 saturated carbocycles. The van der Waals surface area contributed by atoms with E-state index in [9.17, 15) is 19.7 Å². The van der Waals surface area contributed by atoms with Crippen molar-refractivity contribution in [2.24, 2.45) is 0 Å². The third-order valence-electron chi connectivity index (χ3n) is 5.60. The Morgan fingerprint density at radius 3 is 2.47 bits per heavy atom. The molecular formula is C24H22ClN5O4. The van der Waals surface area contributed by atoms with E-state index in [1.54, 1.807) is 35.4 Å². The van der Waals surface area contributed by atoms with Crippen LogP contribution in [-0.2, 0) is 6.54 Å². The van der Waals surface area contributed by atoms with E-state index < -0.39 is 10.8 Å². The van der Waals surface area contributed by atoms with Crippen molar-refractivity contribution in [3.63, 3.8) is 0 Å². The van der Waals surface area contributed by atoms with E-state index in [-0.39, 0.29) is 22.2 Å². The summed E-state index contributed by atoms with van der Waals surface area (Å²) in [7, 11) is 0. The van der Waals surface area contributed by atoms with Crippen LogP contribution in [0.15, 0.2) is 67.0 Å². The number of amides is 2. The molecule has 1 saturated heterocycles. The van der Waals surface area contributed by atoms with Crippen molar-refractivity contribution in [2.45, 2.75) is 6.54 Å². The third kappa shape index (κ3) is 5.38. The van der Waals surface area contributed by atoms with Crippen LogP contribution >= 0.6 is 11.6 Å². The number of nitrogens with zero attached hydrogens (tertiary/aromatic N) is 4. The molecule has 1 fully saturated rings. The van der Waals surface area contributed by atoms with Crippen LogP contribution in [0.1, 0.15) is 26.3 Å². The number of hydrogen-bond acceptors (Lipinski definition) is 6. The first-order valence-corrected chi connectivity index (χ1v) is 11.0. The van der Waals surface area contributed by atoms with Crippen molar-refractivity contribution in [1.82, 2.24) is 14.8 Å². The quantitative estimate of drug-likeness (QED) is 0.425. The molecule has 34 heavy (non-hydrogen) atoms. The van der Waals surface area contributed by atoms with Gasteiger partial charge in [0.15, 0.2) is 0 Å². The number of para-hydroxylation sites is 1. The van der Waals surface area contributed by atoms with E-state index in [0.717, 1.165) is 31.3 Å². The lowest BCUT2D eigenvalue weighted by Gasteiger charge is -2.35. The predicted octanol–water partition coefficient (Wildman–Crippen LogP) is 3.85. The molecule has 2 heterocycles. The summed E-state index contributed by atoms with van der Waals surface area (Å²) in [5.41, 5.74) is 1.72. The summed E-state index contributed by atoms with van der Waals surface area (Å²) in [5, 5.41) is 13.6. The van der Waals surface area contributed by atoms with Gasteiger partial charge in [-0.25, -0.2) is 0 Å². The Kier molecular flexibility index (Phi) is 7.15. The molecule has 2 amide bonds. The van der Waals surface area contributed by atoms with E-state index in [4.69, 9.17) is 11.6 Å². The summed E-state index contributed by atoms with van der Waals surface area (Å²) < 4.78 is 0. The molecule has 10 heteroatoms. The van der Waals surface area contributed by atoms with Crippen LogP contribution in [-0.4, -0.2) is 57.7 Å². The Bertz CT molecular complexity index is 1210. The van der Waals surface area contributed by atoms with Crippen LogP contribution in [0.5, 0.6) is 0 Å². The molecule has 174 valence electrons. The van der Waals surface area contributed by atoms with Gasteiger partial charge < -0.3 is 10.2 Å². The van der Waals surface area contributed by atoms with Gasteiger partial charge in [-0.2, -0.15) is 0 Å². The highest BCUT2D eigenvalue weighted by molar-refractivity contribution is 6.34. The molecule has 1 N–H and O–H groups in total. The lowest BCUT2D eigenvalue weighted by Crippen LogP contribution is -2.48. The standard InChI is InChI=1S/C24H22ClN5O4/c25-21-14-18(30(33)34)7-8-19(21)23(31)27-22-6-2-1-5-20(22)24(32)29-12-10-28(11-13-29)16-17-4-3-9-26-15-17/h1-9,14-15H,10-13,16H2,(H,27,31). The number of hydrogen-bond donors (Lipinski definition) is 1. The van der Waals surface area contributed by atoms with Gasteiger partial charge in [-0.15, -0.1) is 0 Å². The summed E-state index contributed by atoms with van der Waals surface area (Å²) in [6.07, 6.45) is 3.58. The maximum atomic E-state index is 13.2. The number of nitrogens with one attached hydrogen (secondary N) is 1. The fourth-order valence-electron chi connectivity index (χ4n) is 3.80. The Balaban J connectivity index is 1.43. The number of piperazine rings is 1. The van der Waals surface area contributed by atoms with Crippen LogP contribution in [0.25, 0.3) is 0 Å². The summed E-state index contributed by atoms with van der Waals surface area (Å²) in [5.74, 6) is -0.729. The van der Waals surface area contributed by atoms with Crippen LogP contribution in [0.3, 0.4) is 0 Å². The van der Waals surface area contributed by atoms with Crippen LogP contribution in [0, 0.1) is 10.1 Å². The van der Waals surface area contributed by atoms with E-state index in [1.807, 2.05) is 18.3 Å². The van der Waals surface area contributed by atoms with Crippen molar-refractivity contribution < 1.29 is 14.5 Å². The molecule has 0 bridgehead atoms. The van der Waals surface area contributed by atoms with Gasteiger partial charge in [-0.3, -0.25) is 29.6 Å². The number of carbonyl (C=O) groups is 2. The second-order valence-corrected chi connectivity index (χ2v) is 8.26. The number of pyridine rings is 1. The minimum atomic E-state index is -0.585. The number of nitro groups is 1. The Labute approximate surface area is 201 Å². The van der Waals surface area contributed by atoms with Gasteiger partial charge in [0.05, 0.1) is 26.8 Å². The zero-order valence-electron chi connectivity index (χ0n) is 18.2. The molecule has 2 aromatic carbocycles. The predicted molar refractivity (Wildman–Crippen MR) is 128 cm³/mol. The SMILES string of the molecule is O=C(Nc1ccccc1C(=O)N1CCN(Cc2cccnc2)CC1)c1ccc([N+](=O)[O-])cc1Cl. The fourth-order valence-corrected chi connectivity index (χ4v) is 4.06. The molecule has 1 aliphatic heterocycles. The molecular weight excluding hydrogens is 458 g/mol.